The highest BCUT2D eigenvalue weighted by Crippen LogP contribution is 2.27. The van der Waals surface area contributed by atoms with Crippen LogP contribution in [0.5, 0.6) is 0 Å². The molecule has 1 aliphatic rings. The second-order valence-corrected chi connectivity index (χ2v) is 7.62. The zero-order valence-corrected chi connectivity index (χ0v) is 16.2. The number of anilines is 1. The molecule has 1 saturated carbocycles. The Kier molecular flexibility index (Phi) is 6.28. The average molecular weight is 371 g/mol. The average Bonchev–Trinajstić information content (AvgIpc) is 2.99. The third-order valence-electron chi connectivity index (χ3n) is 4.74. The van der Waals surface area contributed by atoms with Gasteiger partial charge in [0.1, 0.15) is 0 Å². The van der Waals surface area contributed by atoms with Crippen molar-refractivity contribution >= 4 is 28.9 Å². The quantitative estimate of drug-likeness (QED) is 0.537. The molecular weight excluding hydrogens is 344 g/mol. The zero-order valence-electron chi connectivity index (χ0n) is 15.3. The Morgan fingerprint density at radius 3 is 2.69 bits per heavy atom. The molecule has 6 heteroatoms. The molecule has 1 fully saturated rings. The van der Waals surface area contributed by atoms with Gasteiger partial charge >= 0.3 is 0 Å². The normalized spacial score (nSPS) is 14.6. The lowest BCUT2D eigenvalue weighted by Crippen LogP contribution is -2.36. The molecule has 1 aromatic carbocycles. The molecular formula is C20H26N4OS. The van der Waals surface area contributed by atoms with Gasteiger partial charge in [0.15, 0.2) is 5.96 Å². The maximum Gasteiger partial charge on any atom is 0.227 e. The Bertz CT molecular complexity index is 780. The largest absolute Gasteiger partial charge is 0.352 e. The van der Waals surface area contributed by atoms with E-state index in [9.17, 15) is 4.79 Å². The minimum absolute atomic E-state index is 0.144. The van der Waals surface area contributed by atoms with Gasteiger partial charge in [-0.25, -0.2) is 0 Å². The van der Waals surface area contributed by atoms with Crippen LogP contribution in [0.25, 0.3) is 0 Å². The predicted molar refractivity (Wildman–Crippen MR) is 109 cm³/mol. The molecule has 2 aromatic rings. The van der Waals surface area contributed by atoms with Crippen LogP contribution >= 0.6 is 11.3 Å². The number of hydrogen-bond acceptors (Lipinski definition) is 3. The molecule has 5 nitrogen and oxygen atoms in total. The number of aryl methyl sites for hydroxylation is 1. The fraction of sp³-hybridized carbons (Fsp3) is 0.400. The lowest BCUT2D eigenvalue weighted by atomic mass is 9.85. The van der Waals surface area contributed by atoms with Crippen molar-refractivity contribution in [1.82, 2.24) is 10.6 Å². The number of carbonyl (C=O) groups is 1. The summed E-state index contributed by atoms with van der Waals surface area (Å²) in [5, 5.41) is 11.8. The maximum absolute atomic E-state index is 12.1. The lowest BCUT2D eigenvalue weighted by molar-refractivity contribution is -0.122. The first-order valence-corrected chi connectivity index (χ1v) is 9.91. The minimum atomic E-state index is 0.144. The number of thiophene rings is 1. The molecule has 26 heavy (non-hydrogen) atoms. The molecule has 1 aromatic heterocycles. The molecule has 1 aliphatic carbocycles. The number of amides is 1. The van der Waals surface area contributed by atoms with E-state index in [0.717, 1.165) is 36.6 Å². The molecule has 0 bridgehead atoms. The third kappa shape index (κ3) is 4.85. The monoisotopic (exact) mass is 370 g/mol. The second-order valence-electron chi connectivity index (χ2n) is 6.62. The van der Waals surface area contributed by atoms with E-state index in [1.165, 1.54) is 16.9 Å². The minimum Gasteiger partial charge on any atom is -0.352 e. The first-order valence-electron chi connectivity index (χ1n) is 9.03. The molecule has 3 rings (SSSR count). The number of rotatable bonds is 6. The van der Waals surface area contributed by atoms with Crippen molar-refractivity contribution in [2.24, 2.45) is 10.9 Å². The second kappa shape index (κ2) is 8.85. The highest BCUT2D eigenvalue weighted by Gasteiger charge is 2.25. The van der Waals surface area contributed by atoms with E-state index in [1.807, 2.05) is 24.3 Å². The van der Waals surface area contributed by atoms with Crippen LogP contribution in [0.15, 0.2) is 40.7 Å². The number of guanidine groups is 1. The van der Waals surface area contributed by atoms with Gasteiger partial charge in [-0.3, -0.25) is 9.79 Å². The van der Waals surface area contributed by atoms with E-state index < -0.39 is 0 Å². The van der Waals surface area contributed by atoms with Crippen LogP contribution in [0, 0.1) is 12.8 Å². The van der Waals surface area contributed by atoms with E-state index >= 15 is 0 Å². The van der Waals surface area contributed by atoms with E-state index in [2.05, 4.69) is 39.3 Å². The summed E-state index contributed by atoms with van der Waals surface area (Å²) in [5.74, 6) is 1.10. The molecule has 3 N–H and O–H groups in total. The number of nitrogens with one attached hydrogen (secondary N) is 3. The molecule has 0 saturated heterocycles. The lowest BCUT2D eigenvalue weighted by Gasteiger charge is -2.24. The summed E-state index contributed by atoms with van der Waals surface area (Å²) in [4.78, 5) is 17.7. The first kappa shape index (κ1) is 18.5. The van der Waals surface area contributed by atoms with Crippen LogP contribution in [0.1, 0.15) is 35.3 Å². The van der Waals surface area contributed by atoms with Crippen molar-refractivity contribution in [2.75, 3.05) is 12.4 Å². The molecule has 1 amide bonds. The number of carbonyl (C=O) groups excluding carboxylic acids is 1. The van der Waals surface area contributed by atoms with Crippen LogP contribution < -0.4 is 16.0 Å². The third-order valence-corrected chi connectivity index (χ3v) is 5.76. The van der Waals surface area contributed by atoms with Gasteiger partial charge in [0, 0.05) is 30.1 Å². The Morgan fingerprint density at radius 1 is 1.23 bits per heavy atom. The summed E-state index contributed by atoms with van der Waals surface area (Å²) in [6.07, 6.45) is 3.19. The van der Waals surface area contributed by atoms with Crippen molar-refractivity contribution in [3.8, 4) is 0 Å². The number of benzene rings is 1. The zero-order chi connectivity index (χ0) is 18.4. The Morgan fingerprint density at radius 2 is 2.04 bits per heavy atom. The topological polar surface area (TPSA) is 65.5 Å². The number of aliphatic imine (C=N–C) groups is 1. The molecule has 138 valence electrons. The van der Waals surface area contributed by atoms with Gasteiger partial charge in [-0.05, 0) is 54.5 Å². The molecule has 0 atom stereocenters. The summed E-state index contributed by atoms with van der Waals surface area (Å²) in [5.41, 5.74) is 3.26. The smallest absolute Gasteiger partial charge is 0.227 e. The summed E-state index contributed by atoms with van der Waals surface area (Å²) in [6, 6.07) is 10.1. The van der Waals surface area contributed by atoms with E-state index in [1.54, 1.807) is 18.4 Å². The molecule has 0 unspecified atom stereocenters. The summed E-state index contributed by atoms with van der Waals surface area (Å²) in [6.45, 7) is 3.53. The van der Waals surface area contributed by atoms with E-state index in [4.69, 9.17) is 0 Å². The first-order chi connectivity index (χ1) is 12.7. The SMILES string of the molecule is CN=C(NCc1cccc(NC(=O)C2CCC2)c1)NCc1sccc1C. The highest BCUT2D eigenvalue weighted by molar-refractivity contribution is 7.10. The maximum atomic E-state index is 12.1. The highest BCUT2D eigenvalue weighted by atomic mass is 32.1. The number of hydrogen-bond donors (Lipinski definition) is 3. The van der Waals surface area contributed by atoms with Crippen LogP contribution in [0.4, 0.5) is 5.69 Å². The Hall–Kier alpha value is -2.34. The van der Waals surface area contributed by atoms with Crippen molar-refractivity contribution in [2.45, 2.75) is 39.3 Å². The Balaban J connectivity index is 1.50. The van der Waals surface area contributed by atoms with Crippen LogP contribution in [-0.4, -0.2) is 18.9 Å². The summed E-state index contributed by atoms with van der Waals surface area (Å²) < 4.78 is 0. The predicted octanol–water partition coefficient (Wildman–Crippen LogP) is 3.66. The van der Waals surface area contributed by atoms with E-state index in [0.29, 0.717) is 6.54 Å². The Labute approximate surface area is 158 Å². The molecule has 0 aliphatic heterocycles. The van der Waals surface area contributed by atoms with Gasteiger partial charge in [-0.1, -0.05) is 18.6 Å². The molecule has 0 spiro atoms. The van der Waals surface area contributed by atoms with Crippen molar-refractivity contribution in [3.63, 3.8) is 0 Å². The van der Waals surface area contributed by atoms with Gasteiger partial charge in [-0.15, -0.1) is 11.3 Å². The van der Waals surface area contributed by atoms with Crippen molar-refractivity contribution in [1.29, 1.82) is 0 Å². The summed E-state index contributed by atoms with van der Waals surface area (Å²) >= 11 is 1.75. The fourth-order valence-corrected chi connectivity index (χ4v) is 3.68. The van der Waals surface area contributed by atoms with Crippen molar-refractivity contribution in [3.05, 3.63) is 51.7 Å². The van der Waals surface area contributed by atoms with Gasteiger partial charge < -0.3 is 16.0 Å². The van der Waals surface area contributed by atoms with Gasteiger partial charge in [0.05, 0.1) is 6.54 Å². The standard InChI is InChI=1S/C20H26N4OS/c1-14-9-10-26-18(14)13-23-20(21-2)22-12-15-5-3-8-17(11-15)24-19(25)16-6-4-7-16/h3,5,8-11,16H,4,6-7,12-13H2,1-2H3,(H,24,25)(H2,21,22,23). The number of nitrogens with zero attached hydrogens (tertiary/aromatic N) is 1. The van der Waals surface area contributed by atoms with Crippen LogP contribution in [0.2, 0.25) is 0 Å². The molecule has 1 heterocycles. The van der Waals surface area contributed by atoms with E-state index in [-0.39, 0.29) is 11.8 Å². The molecule has 0 radical (unpaired) electrons. The van der Waals surface area contributed by atoms with Crippen LogP contribution in [0.3, 0.4) is 0 Å². The fourth-order valence-electron chi connectivity index (χ4n) is 2.83. The van der Waals surface area contributed by atoms with Gasteiger partial charge in [0.2, 0.25) is 5.91 Å². The van der Waals surface area contributed by atoms with Crippen LogP contribution in [-0.2, 0) is 17.9 Å². The van der Waals surface area contributed by atoms with Gasteiger partial charge in [-0.2, -0.15) is 0 Å². The van der Waals surface area contributed by atoms with Gasteiger partial charge in [0.25, 0.3) is 0 Å². The van der Waals surface area contributed by atoms with Crippen molar-refractivity contribution < 1.29 is 4.79 Å². The summed E-state index contributed by atoms with van der Waals surface area (Å²) in [7, 11) is 1.77.